The molecular weight excluding hydrogens is 242 g/mol. The van der Waals surface area contributed by atoms with Gasteiger partial charge in [-0.15, -0.1) is 0 Å². The second-order valence-electron chi connectivity index (χ2n) is 5.67. The smallest absolute Gasteiger partial charge is 0.335 e. The predicted octanol–water partition coefficient (Wildman–Crippen LogP) is 2.68. The number of anilines is 1. The molecule has 2 atom stereocenters. The van der Waals surface area contributed by atoms with Gasteiger partial charge in [0.1, 0.15) is 0 Å². The van der Waals surface area contributed by atoms with E-state index in [2.05, 4.69) is 5.32 Å². The molecule has 0 spiro atoms. The third-order valence-corrected chi connectivity index (χ3v) is 4.15. The number of amides is 1. The van der Waals surface area contributed by atoms with Gasteiger partial charge in [0, 0.05) is 11.6 Å². The Morgan fingerprint density at radius 1 is 1.32 bits per heavy atom. The maximum atomic E-state index is 12.1. The van der Waals surface area contributed by atoms with Crippen molar-refractivity contribution < 1.29 is 14.7 Å². The van der Waals surface area contributed by atoms with Gasteiger partial charge >= 0.3 is 5.97 Å². The number of benzene rings is 1. The van der Waals surface area contributed by atoms with Crippen LogP contribution in [0.15, 0.2) is 18.2 Å². The summed E-state index contributed by atoms with van der Waals surface area (Å²) in [5, 5.41) is 11.8. The first kappa shape index (κ1) is 12.2. The van der Waals surface area contributed by atoms with E-state index in [1.807, 2.05) is 6.92 Å². The molecule has 0 heterocycles. The third kappa shape index (κ3) is 2.48. The van der Waals surface area contributed by atoms with Crippen molar-refractivity contribution in [3.8, 4) is 0 Å². The second kappa shape index (κ2) is 4.37. The van der Waals surface area contributed by atoms with E-state index in [0.29, 0.717) is 11.6 Å². The fourth-order valence-corrected chi connectivity index (χ4v) is 2.68. The van der Waals surface area contributed by atoms with Crippen molar-refractivity contribution in [1.82, 2.24) is 0 Å². The lowest BCUT2D eigenvalue weighted by Gasteiger charge is -2.09. The molecule has 3 rings (SSSR count). The lowest BCUT2D eigenvalue weighted by atomic mass is 10.1. The van der Waals surface area contributed by atoms with Crippen molar-refractivity contribution in [3.63, 3.8) is 0 Å². The highest BCUT2D eigenvalue weighted by Crippen LogP contribution is 2.54. The van der Waals surface area contributed by atoms with Gasteiger partial charge in [-0.25, -0.2) is 4.79 Å². The van der Waals surface area contributed by atoms with Crippen molar-refractivity contribution >= 4 is 17.6 Å². The molecule has 0 radical (unpaired) electrons. The molecule has 4 heteroatoms. The molecule has 0 saturated heterocycles. The van der Waals surface area contributed by atoms with Gasteiger partial charge in [-0.1, -0.05) is 6.07 Å². The van der Waals surface area contributed by atoms with Crippen molar-refractivity contribution in [2.75, 3.05) is 5.32 Å². The summed E-state index contributed by atoms with van der Waals surface area (Å²) >= 11 is 0. The van der Waals surface area contributed by atoms with Gasteiger partial charge in [-0.3, -0.25) is 4.79 Å². The van der Waals surface area contributed by atoms with E-state index in [4.69, 9.17) is 5.11 Å². The number of carboxylic acids is 1. The highest BCUT2D eigenvalue weighted by Gasteiger charge is 2.51. The van der Waals surface area contributed by atoms with E-state index in [1.54, 1.807) is 12.1 Å². The van der Waals surface area contributed by atoms with E-state index in [1.165, 1.54) is 18.9 Å². The standard InChI is InChI=1S/C15H17NO3/c1-8-2-3-10(15(18)19)6-13(8)16-14(17)12-7-11(12)9-4-5-9/h2-3,6,9,11-12H,4-5,7H2,1H3,(H,16,17)(H,18,19). The SMILES string of the molecule is Cc1ccc(C(=O)O)cc1NC(=O)C1CC1C1CC1. The number of rotatable bonds is 4. The second-order valence-corrected chi connectivity index (χ2v) is 5.67. The number of carboxylic acid groups (broad SMARTS) is 1. The summed E-state index contributed by atoms with van der Waals surface area (Å²) < 4.78 is 0. The average molecular weight is 259 g/mol. The summed E-state index contributed by atoms with van der Waals surface area (Å²) in [5.74, 6) is 0.547. The fraction of sp³-hybridized carbons (Fsp3) is 0.467. The van der Waals surface area contributed by atoms with Crippen LogP contribution in [0, 0.1) is 24.7 Å². The van der Waals surface area contributed by atoms with Gasteiger partial charge in [-0.2, -0.15) is 0 Å². The maximum absolute atomic E-state index is 12.1. The number of hydrogen-bond acceptors (Lipinski definition) is 2. The van der Waals surface area contributed by atoms with E-state index in [9.17, 15) is 9.59 Å². The molecule has 0 aliphatic heterocycles. The van der Waals surface area contributed by atoms with E-state index >= 15 is 0 Å². The molecule has 2 aliphatic rings. The van der Waals surface area contributed by atoms with E-state index < -0.39 is 5.97 Å². The molecule has 2 aliphatic carbocycles. The van der Waals surface area contributed by atoms with Gasteiger partial charge in [0.05, 0.1) is 5.56 Å². The molecule has 100 valence electrons. The van der Waals surface area contributed by atoms with Crippen LogP contribution < -0.4 is 5.32 Å². The first-order chi connectivity index (χ1) is 9.06. The largest absolute Gasteiger partial charge is 0.478 e. The molecule has 2 fully saturated rings. The van der Waals surface area contributed by atoms with Gasteiger partial charge in [0.25, 0.3) is 0 Å². The van der Waals surface area contributed by atoms with Crippen LogP contribution in [0.4, 0.5) is 5.69 Å². The summed E-state index contributed by atoms with van der Waals surface area (Å²) in [6.45, 7) is 1.87. The summed E-state index contributed by atoms with van der Waals surface area (Å²) in [6.07, 6.45) is 3.53. The van der Waals surface area contributed by atoms with Crippen LogP contribution in [0.1, 0.15) is 35.2 Å². The van der Waals surface area contributed by atoms with Gasteiger partial charge in [-0.05, 0) is 55.7 Å². The van der Waals surface area contributed by atoms with E-state index in [0.717, 1.165) is 17.9 Å². The number of aryl methyl sites for hydroxylation is 1. The molecule has 19 heavy (non-hydrogen) atoms. The molecule has 1 amide bonds. The summed E-state index contributed by atoms with van der Waals surface area (Å²) in [4.78, 5) is 23.0. The Morgan fingerprint density at radius 3 is 2.68 bits per heavy atom. The van der Waals surface area contributed by atoms with Crippen molar-refractivity contribution in [2.45, 2.75) is 26.2 Å². The van der Waals surface area contributed by atoms with Crippen LogP contribution in [-0.4, -0.2) is 17.0 Å². The minimum atomic E-state index is -0.974. The summed E-state index contributed by atoms with van der Waals surface area (Å²) in [5.41, 5.74) is 1.71. The lowest BCUT2D eigenvalue weighted by molar-refractivity contribution is -0.117. The number of nitrogens with one attached hydrogen (secondary N) is 1. The quantitative estimate of drug-likeness (QED) is 0.873. The van der Waals surface area contributed by atoms with Crippen molar-refractivity contribution in [3.05, 3.63) is 29.3 Å². The molecule has 1 aromatic rings. The Hall–Kier alpha value is -1.84. The molecule has 1 aromatic carbocycles. The zero-order valence-electron chi connectivity index (χ0n) is 10.8. The first-order valence-electron chi connectivity index (χ1n) is 6.71. The Balaban J connectivity index is 1.70. The molecule has 2 saturated carbocycles. The van der Waals surface area contributed by atoms with Gasteiger partial charge in [0.2, 0.25) is 5.91 Å². The van der Waals surface area contributed by atoms with Crippen LogP contribution in [0.2, 0.25) is 0 Å². The highest BCUT2D eigenvalue weighted by atomic mass is 16.4. The zero-order chi connectivity index (χ0) is 13.6. The molecule has 0 bridgehead atoms. The normalized spacial score (nSPS) is 24.9. The average Bonchev–Trinajstić information content (AvgIpc) is 3.23. The first-order valence-corrected chi connectivity index (χ1v) is 6.71. The molecule has 2 unspecified atom stereocenters. The third-order valence-electron chi connectivity index (χ3n) is 4.15. The molecular formula is C15H17NO3. The molecule has 4 nitrogen and oxygen atoms in total. The Labute approximate surface area is 111 Å². The lowest BCUT2D eigenvalue weighted by Crippen LogP contribution is -2.16. The molecule has 2 N–H and O–H groups in total. The van der Waals surface area contributed by atoms with E-state index in [-0.39, 0.29) is 17.4 Å². The predicted molar refractivity (Wildman–Crippen MR) is 71.1 cm³/mol. The minimum absolute atomic E-state index is 0.0440. The number of carbonyl (C=O) groups is 2. The van der Waals surface area contributed by atoms with Crippen LogP contribution in [-0.2, 0) is 4.79 Å². The summed E-state index contributed by atoms with van der Waals surface area (Å²) in [6, 6.07) is 4.81. The van der Waals surface area contributed by atoms with Crippen molar-refractivity contribution in [2.24, 2.45) is 17.8 Å². The van der Waals surface area contributed by atoms with Crippen molar-refractivity contribution in [1.29, 1.82) is 0 Å². The maximum Gasteiger partial charge on any atom is 0.335 e. The topological polar surface area (TPSA) is 66.4 Å². The number of hydrogen-bond donors (Lipinski definition) is 2. The van der Waals surface area contributed by atoms with Gasteiger partial charge in [0.15, 0.2) is 0 Å². The molecule has 0 aromatic heterocycles. The van der Waals surface area contributed by atoms with Gasteiger partial charge < -0.3 is 10.4 Å². The number of carbonyl (C=O) groups excluding carboxylic acids is 1. The van der Waals surface area contributed by atoms with Crippen LogP contribution in [0.25, 0.3) is 0 Å². The highest BCUT2D eigenvalue weighted by molar-refractivity contribution is 5.97. The Morgan fingerprint density at radius 2 is 2.05 bits per heavy atom. The monoisotopic (exact) mass is 259 g/mol. The fourth-order valence-electron chi connectivity index (χ4n) is 2.68. The zero-order valence-corrected chi connectivity index (χ0v) is 10.8. The Bertz CT molecular complexity index is 548. The minimum Gasteiger partial charge on any atom is -0.478 e. The summed E-state index contributed by atoms with van der Waals surface area (Å²) in [7, 11) is 0. The Kier molecular flexibility index (Phi) is 2.81. The van der Waals surface area contributed by atoms with Crippen LogP contribution >= 0.6 is 0 Å². The number of aromatic carboxylic acids is 1. The van der Waals surface area contributed by atoms with Crippen LogP contribution in [0.5, 0.6) is 0 Å². The van der Waals surface area contributed by atoms with Crippen LogP contribution in [0.3, 0.4) is 0 Å².